The van der Waals surface area contributed by atoms with Crippen LogP contribution < -0.4 is 5.32 Å². The Balaban J connectivity index is 1.62. The van der Waals surface area contributed by atoms with Crippen molar-refractivity contribution in [2.75, 3.05) is 13.1 Å². The van der Waals surface area contributed by atoms with Gasteiger partial charge in [-0.1, -0.05) is 40.0 Å². The SMILES string of the molecule is Clc1cc(Br)ccc1CN1CCCCC1CNC1CC1. The molecule has 4 heteroatoms. The fraction of sp³-hybridized carbons (Fsp3) is 0.625. The van der Waals surface area contributed by atoms with Gasteiger partial charge >= 0.3 is 0 Å². The summed E-state index contributed by atoms with van der Waals surface area (Å²) < 4.78 is 1.05. The lowest BCUT2D eigenvalue weighted by Crippen LogP contribution is -2.45. The molecule has 0 radical (unpaired) electrons. The molecule has 110 valence electrons. The summed E-state index contributed by atoms with van der Waals surface area (Å²) in [7, 11) is 0. The molecule has 2 nitrogen and oxygen atoms in total. The molecule has 1 N–H and O–H groups in total. The summed E-state index contributed by atoms with van der Waals surface area (Å²) in [6.07, 6.45) is 6.72. The van der Waals surface area contributed by atoms with Crippen LogP contribution in [0.4, 0.5) is 0 Å². The summed E-state index contributed by atoms with van der Waals surface area (Å²) >= 11 is 9.83. The van der Waals surface area contributed by atoms with Crippen LogP contribution in [0, 0.1) is 0 Å². The van der Waals surface area contributed by atoms with E-state index in [9.17, 15) is 0 Å². The number of likely N-dealkylation sites (tertiary alicyclic amines) is 1. The normalized spacial score (nSPS) is 24.0. The number of halogens is 2. The third-order valence-corrected chi connectivity index (χ3v) is 5.20. The van der Waals surface area contributed by atoms with Crippen molar-refractivity contribution in [3.05, 3.63) is 33.3 Å². The standard InChI is InChI=1S/C16H22BrClN2/c17-13-5-4-12(16(18)9-13)11-20-8-2-1-3-15(20)10-19-14-6-7-14/h4-5,9,14-15,19H,1-3,6-8,10-11H2. The minimum atomic E-state index is 0.670. The van der Waals surface area contributed by atoms with E-state index in [-0.39, 0.29) is 0 Å². The molecule has 1 saturated carbocycles. The van der Waals surface area contributed by atoms with Gasteiger partial charge < -0.3 is 5.32 Å². The van der Waals surface area contributed by atoms with E-state index in [0.29, 0.717) is 6.04 Å². The summed E-state index contributed by atoms with van der Waals surface area (Å²) in [6, 6.07) is 7.70. The molecule has 0 aromatic heterocycles. The predicted octanol–water partition coefficient (Wildman–Crippen LogP) is 4.21. The molecule has 2 fully saturated rings. The lowest BCUT2D eigenvalue weighted by molar-refractivity contribution is 0.137. The first-order valence-corrected chi connectivity index (χ1v) is 8.81. The smallest absolute Gasteiger partial charge is 0.0462 e. The van der Waals surface area contributed by atoms with Crippen LogP contribution in [0.2, 0.25) is 5.02 Å². The van der Waals surface area contributed by atoms with Crippen LogP contribution in [-0.4, -0.2) is 30.1 Å². The van der Waals surface area contributed by atoms with E-state index in [4.69, 9.17) is 11.6 Å². The Morgan fingerprint density at radius 2 is 2.10 bits per heavy atom. The maximum absolute atomic E-state index is 6.36. The minimum Gasteiger partial charge on any atom is -0.312 e. The molecular formula is C16H22BrClN2. The van der Waals surface area contributed by atoms with Gasteiger partial charge in [0.2, 0.25) is 0 Å². The van der Waals surface area contributed by atoms with Crippen LogP contribution >= 0.6 is 27.5 Å². The number of hydrogen-bond acceptors (Lipinski definition) is 2. The zero-order chi connectivity index (χ0) is 13.9. The fourth-order valence-corrected chi connectivity index (χ4v) is 3.69. The van der Waals surface area contributed by atoms with Crippen molar-refractivity contribution in [1.82, 2.24) is 10.2 Å². The second-order valence-electron chi connectivity index (χ2n) is 6.04. The summed E-state index contributed by atoms with van der Waals surface area (Å²) in [5, 5.41) is 4.56. The summed E-state index contributed by atoms with van der Waals surface area (Å²) in [4.78, 5) is 2.61. The van der Waals surface area contributed by atoms with E-state index in [1.807, 2.05) is 6.07 Å². The second-order valence-corrected chi connectivity index (χ2v) is 7.36. The van der Waals surface area contributed by atoms with Gasteiger partial charge in [-0.15, -0.1) is 0 Å². The van der Waals surface area contributed by atoms with Crippen LogP contribution in [-0.2, 0) is 6.54 Å². The van der Waals surface area contributed by atoms with Gasteiger partial charge in [0.15, 0.2) is 0 Å². The first-order chi connectivity index (χ1) is 9.72. The molecule has 1 atom stereocenters. The predicted molar refractivity (Wildman–Crippen MR) is 88.2 cm³/mol. The van der Waals surface area contributed by atoms with Gasteiger partial charge in [-0.25, -0.2) is 0 Å². The highest BCUT2D eigenvalue weighted by atomic mass is 79.9. The second kappa shape index (κ2) is 6.78. The molecule has 2 aliphatic rings. The first kappa shape index (κ1) is 14.8. The van der Waals surface area contributed by atoms with Crippen molar-refractivity contribution in [2.45, 2.75) is 50.7 Å². The lowest BCUT2D eigenvalue weighted by Gasteiger charge is -2.36. The van der Waals surface area contributed by atoms with Crippen molar-refractivity contribution >= 4 is 27.5 Å². The highest BCUT2D eigenvalue weighted by Gasteiger charge is 2.26. The van der Waals surface area contributed by atoms with Crippen molar-refractivity contribution in [3.63, 3.8) is 0 Å². The molecule has 20 heavy (non-hydrogen) atoms. The monoisotopic (exact) mass is 356 g/mol. The quantitative estimate of drug-likeness (QED) is 0.849. The van der Waals surface area contributed by atoms with E-state index in [0.717, 1.165) is 28.6 Å². The summed E-state index contributed by atoms with van der Waals surface area (Å²) in [6.45, 7) is 3.31. The maximum Gasteiger partial charge on any atom is 0.0462 e. The fourth-order valence-electron chi connectivity index (χ4n) is 2.96. The van der Waals surface area contributed by atoms with Gasteiger partial charge in [0.05, 0.1) is 0 Å². The van der Waals surface area contributed by atoms with Crippen LogP contribution in [0.25, 0.3) is 0 Å². The molecule has 1 aromatic rings. The van der Waals surface area contributed by atoms with E-state index in [2.05, 4.69) is 38.3 Å². The van der Waals surface area contributed by atoms with Gasteiger partial charge in [0.1, 0.15) is 0 Å². The molecule has 0 bridgehead atoms. The lowest BCUT2D eigenvalue weighted by atomic mass is 10.0. The van der Waals surface area contributed by atoms with E-state index in [1.54, 1.807) is 0 Å². The largest absolute Gasteiger partial charge is 0.312 e. The third kappa shape index (κ3) is 3.97. The van der Waals surface area contributed by atoms with Gasteiger partial charge in [0.25, 0.3) is 0 Å². The molecule has 0 spiro atoms. The van der Waals surface area contributed by atoms with Crippen LogP contribution in [0.15, 0.2) is 22.7 Å². The van der Waals surface area contributed by atoms with Crippen LogP contribution in [0.3, 0.4) is 0 Å². The molecular weight excluding hydrogens is 336 g/mol. The number of hydrogen-bond donors (Lipinski definition) is 1. The molecule has 1 heterocycles. The van der Waals surface area contributed by atoms with Gasteiger partial charge in [-0.05, 0) is 49.9 Å². The zero-order valence-electron chi connectivity index (χ0n) is 11.7. The molecule has 0 amide bonds. The Hall–Kier alpha value is -0.0900. The number of rotatable bonds is 5. The van der Waals surface area contributed by atoms with Crippen LogP contribution in [0.1, 0.15) is 37.7 Å². The highest BCUT2D eigenvalue weighted by molar-refractivity contribution is 9.10. The van der Waals surface area contributed by atoms with Crippen molar-refractivity contribution in [3.8, 4) is 0 Å². The Morgan fingerprint density at radius 1 is 1.25 bits per heavy atom. The van der Waals surface area contributed by atoms with Crippen molar-refractivity contribution in [2.24, 2.45) is 0 Å². The van der Waals surface area contributed by atoms with Crippen LogP contribution in [0.5, 0.6) is 0 Å². The number of benzene rings is 1. The van der Waals surface area contributed by atoms with Gasteiger partial charge in [0, 0.05) is 34.7 Å². The van der Waals surface area contributed by atoms with Crippen molar-refractivity contribution < 1.29 is 0 Å². The molecule has 1 aromatic carbocycles. The first-order valence-electron chi connectivity index (χ1n) is 7.64. The van der Waals surface area contributed by atoms with Gasteiger partial charge in [-0.2, -0.15) is 0 Å². The average molecular weight is 358 g/mol. The number of nitrogens with one attached hydrogen (secondary N) is 1. The summed E-state index contributed by atoms with van der Waals surface area (Å²) in [5.74, 6) is 0. The zero-order valence-corrected chi connectivity index (χ0v) is 14.1. The Bertz CT molecular complexity index is 462. The minimum absolute atomic E-state index is 0.670. The average Bonchev–Trinajstić information content (AvgIpc) is 3.25. The third-order valence-electron chi connectivity index (χ3n) is 4.36. The van der Waals surface area contributed by atoms with Gasteiger partial charge in [-0.3, -0.25) is 4.90 Å². The van der Waals surface area contributed by atoms with E-state index < -0.39 is 0 Å². The maximum atomic E-state index is 6.36. The molecule has 1 aliphatic carbocycles. The summed E-state index contributed by atoms with van der Waals surface area (Å²) in [5.41, 5.74) is 1.24. The van der Waals surface area contributed by atoms with E-state index in [1.165, 1.54) is 44.2 Å². The molecule has 1 unspecified atom stereocenters. The topological polar surface area (TPSA) is 15.3 Å². The van der Waals surface area contributed by atoms with Crippen molar-refractivity contribution in [1.29, 1.82) is 0 Å². The molecule has 3 rings (SSSR count). The Kier molecular flexibility index (Phi) is 5.03. The molecule has 1 saturated heterocycles. The highest BCUT2D eigenvalue weighted by Crippen LogP contribution is 2.26. The van der Waals surface area contributed by atoms with E-state index >= 15 is 0 Å². The number of piperidine rings is 1. The Morgan fingerprint density at radius 3 is 2.85 bits per heavy atom. The Labute approximate surface area is 135 Å². The molecule has 1 aliphatic heterocycles. The number of nitrogens with zero attached hydrogens (tertiary/aromatic N) is 1.